The Balaban J connectivity index is 2.62. The van der Waals surface area contributed by atoms with Gasteiger partial charge in [-0.15, -0.1) is 0 Å². The monoisotopic (exact) mass is 251 g/mol. The van der Waals surface area contributed by atoms with E-state index < -0.39 is 21.9 Å². The second-order valence-electron chi connectivity index (χ2n) is 3.84. The van der Waals surface area contributed by atoms with Crippen molar-refractivity contribution in [3.63, 3.8) is 0 Å². The number of carboxylic acids is 1. The maximum Gasteiger partial charge on any atom is 0.307 e. The lowest BCUT2D eigenvalue weighted by Crippen LogP contribution is -2.43. The summed E-state index contributed by atoms with van der Waals surface area (Å²) < 4.78 is 29.5. The summed E-state index contributed by atoms with van der Waals surface area (Å²) in [5.41, 5.74) is 0. The molecule has 0 aromatic heterocycles. The second kappa shape index (κ2) is 5.60. The minimum Gasteiger partial charge on any atom is -0.481 e. The van der Waals surface area contributed by atoms with Gasteiger partial charge in [-0.25, -0.2) is 12.7 Å². The molecule has 0 aromatic rings. The number of methoxy groups -OCH3 is 1. The van der Waals surface area contributed by atoms with E-state index in [9.17, 15) is 13.2 Å². The van der Waals surface area contributed by atoms with E-state index >= 15 is 0 Å². The van der Waals surface area contributed by atoms with Gasteiger partial charge in [-0.1, -0.05) is 0 Å². The predicted molar refractivity (Wildman–Crippen MR) is 57.6 cm³/mol. The number of hydrogen-bond donors (Lipinski definition) is 1. The molecule has 1 atom stereocenters. The van der Waals surface area contributed by atoms with Crippen LogP contribution >= 0.6 is 0 Å². The van der Waals surface area contributed by atoms with Gasteiger partial charge in [0.1, 0.15) is 0 Å². The fraction of sp³-hybridized carbons (Fsp3) is 0.889. The molecule has 1 rings (SSSR count). The van der Waals surface area contributed by atoms with Gasteiger partial charge in [-0.05, 0) is 12.8 Å². The van der Waals surface area contributed by atoms with Crippen molar-refractivity contribution in [2.75, 3.05) is 32.6 Å². The van der Waals surface area contributed by atoms with Crippen LogP contribution in [-0.2, 0) is 19.6 Å². The molecular formula is C9H17NO5S. The van der Waals surface area contributed by atoms with E-state index in [1.54, 1.807) is 0 Å². The molecule has 0 aromatic carbocycles. The van der Waals surface area contributed by atoms with Crippen LogP contribution in [0.2, 0.25) is 0 Å². The standard InChI is InChI=1S/C9H17NO5S/c1-15-5-6-16(13,14)10-4-2-3-8(7-10)9(11)12/h8H,2-7H2,1H3,(H,11,12)/t8-/m0/s1. The van der Waals surface area contributed by atoms with E-state index in [1.165, 1.54) is 11.4 Å². The molecule has 0 unspecified atom stereocenters. The number of aliphatic carboxylic acids is 1. The van der Waals surface area contributed by atoms with E-state index in [1.807, 2.05) is 0 Å². The summed E-state index contributed by atoms with van der Waals surface area (Å²) in [4.78, 5) is 10.8. The van der Waals surface area contributed by atoms with Crippen molar-refractivity contribution in [2.45, 2.75) is 12.8 Å². The van der Waals surface area contributed by atoms with Crippen LogP contribution in [0.1, 0.15) is 12.8 Å². The zero-order valence-electron chi connectivity index (χ0n) is 9.26. The molecule has 1 saturated heterocycles. The normalized spacial score (nSPS) is 23.2. The van der Waals surface area contributed by atoms with Crippen molar-refractivity contribution < 1.29 is 23.1 Å². The molecular weight excluding hydrogens is 234 g/mol. The van der Waals surface area contributed by atoms with Gasteiger partial charge in [-0.2, -0.15) is 0 Å². The van der Waals surface area contributed by atoms with Crippen molar-refractivity contribution >= 4 is 16.0 Å². The largest absolute Gasteiger partial charge is 0.481 e. The number of carboxylic acid groups (broad SMARTS) is 1. The molecule has 6 nitrogen and oxygen atoms in total. The van der Waals surface area contributed by atoms with Crippen LogP contribution < -0.4 is 0 Å². The highest BCUT2D eigenvalue weighted by Gasteiger charge is 2.31. The van der Waals surface area contributed by atoms with Crippen LogP contribution in [0.15, 0.2) is 0 Å². The average molecular weight is 251 g/mol. The summed E-state index contributed by atoms with van der Waals surface area (Å²) in [5, 5.41) is 8.85. The minimum atomic E-state index is -3.37. The third-order valence-electron chi connectivity index (χ3n) is 2.67. The minimum absolute atomic E-state index is 0.0847. The zero-order chi connectivity index (χ0) is 12.2. The first-order valence-corrected chi connectivity index (χ1v) is 6.78. The van der Waals surface area contributed by atoms with Crippen LogP contribution in [0.5, 0.6) is 0 Å². The summed E-state index contributed by atoms with van der Waals surface area (Å²) in [6.07, 6.45) is 1.15. The van der Waals surface area contributed by atoms with Crippen molar-refractivity contribution in [1.29, 1.82) is 0 Å². The van der Waals surface area contributed by atoms with Gasteiger partial charge in [0.25, 0.3) is 0 Å². The lowest BCUT2D eigenvalue weighted by Gasteiger charge is -2.29. The molecule has 1 aliphatic heterocycles. The van der Waals surface area contributed by atoms with Gasteiger partial charge in [0, 0.05) is 20.2 Å². The number of hydrogen-bond acceptors (Lipinski definition) is 4. The summed E-state index contributed by atoms with van der Waals surface area (Å²) in [5.74, 6) is -1.59. The highest BCUT2D eigenvalue weighted by molar-refractivity contribution is 7.89. The van der Waals surface area contributed by atoms with Crippen LogP contribution in [-0.4, -0.2) is 56.4 Å². The Morgan fingerprint density at radius 1 is 1.56 bits per heavy atom. The van der Waals surface area contributed by atoms with Crippen molar-refractivity contribution in [1.82, 2.24) is 4.31 Å². The maximum absolute atomic E-state index is 11.8. The molecule has 16 heavy (non-hydrogen) atoms. The molecule has 0 saturated carbocycles. The van der Waals surface area contributed by atoms with Gasteiger partial charge in [0.15, 0.2) is 0 Å². The Morgan fingerprint density at radius 3 is 2.81 bits per heavy atom. The molecule has 0 spiro atoms. The summed E-state index contributed by atoms with van der Waals surface area (Å²) in [6.45, 7) is 0.633. The van der Waals surface area contributed by atoms with Gasteiger partial charge in [-0.3, -0.25) is 4.79 Å². The number of sulfonamides is 1. The number of piperidine rings is 1. The molecule has 7 heteroatoms. The third kappa shape index (κ3) is 3.43. The molecule has 1 fully saturated rings. The van der Waals surface area contributed by atoms with Crippen LogP contribution in [0, 0.1) is 5.92 Å². The van der Waals surface area contributed by atoms with Crippen molar-refractivity contribution in [3.8, 4) is 0 Å². The van der Waals surface area contributed by atoms with E-state index in [0.717, 1.165) is 0 Å². The molecule has 1 aliphatic rings. The van der Waals surface area contributed by atoms with Gasteiger partial charge in [0.2, 0.25) is 10.0 Å². The topological polar surface area (TPSA) is 83.9 Å². The number of carbonyl (C=O) groups is 1. The number of ether oxygens (including phenoxy) is 1. The zero-order valence-corrected chi connectivity index (χ0v) is 10.1. The lowest BCUT2D eigenvalue weighted by atomic mass is 10.0. The SMILES string of the molecule is COCCS(=O)(=O)N1CCC[C@H](C(=O)O)C1. The Hall–Kier alpha value is -0.660. The van der Waals surface area contributed by atoms with E-state index in [-0.39, 0.29) is 18.9 Å². The first-order valence-electron chi connectivity index (χ1n) is 5.17. The number of nitrogens with zero attached hydrogens (tertiary/aromatic N) is 1. The summed E-state index contributed by atoms with van der Waals surface area (Å²) in [6, 6.07) is 0. The molecule has 0 aliphatic carbocycles. The maximum atomic E-state index is 11.8. The first-order chi connectivity index (χ1) is 7.47. The lowest BCUT2D eigenvalue weighted by molar-refractivity contribution is -0.142. The molecule has 0 bridgehead atoms. The van der Waals surface area contributed by atoms with Crippen LogP contribution in [0.4, 0.5) is 0 Å². The van der Waals surface area contributed by atoms with Crippen LogP contribution in [0.3, 0.4) is 0 Å². The van der Waals surface area contributed by atoms with E-state index in [4.69, 9.17) is 9.84 Å². The number of rotatable bonds is 5. The predicted octanol–water partition coefficient (Wildman–Crippen LogP) is -0.241. The van der Waals surface area contributed by atoms with Gasteiger partial charge < -0.3 is 9.84 Å². The molecule has 94 valence electrons. The average Bonchev–Trinajstić information content (AvgIpc) is 2.26. The summed E-state index contributed by atoms with van der Waals surface area (Å²) in [7, 11) is -1.93. The van der Waals surface area contributed by atoms with Gasteiger partial charge in [0.05, 0.1) is 18.3 Å². The van der Waals surface area contributed by atoms with Crippen LogP contribution in [0.25, 0.3) is 0 Å². The Bertz CT molecular complexity index is 340. The smallest absolute Gasteiger partial charge is 0.307 e. The van der Waals surface area contributed by atoms with E-state index in [0.29, 0.717) is 19.4 Å². The second-order valence-corrected chi connectivity index (χ2v) is 5.93. The Labute approximate surface area is 95.2 Å². The highest BCUT2D eigenvalue weighted by Crippen LogP contribution is 2.19. The van der Waals surface area contributed by atoms with Gasteiger partial charge >= 0.3 is 5.97 Å². The van der Waals surface area contributed by atoms with Crippen molar-refractivity contribution in [2.24, 2.45) is 5.92 Å². The Morgan fingerprint density at radius 2 is 2.25 bits per heavy atom. The van der Waals surface area contributed by atoms with E-state index in [2.05, 4.69) is 0 Å². The highest BCUT2D eigenvalue weighted by atomic mass is 32.2. The third-order valence-corrected chi connectivity index (χ3v) is 4.47. The molecule has 1 N–H and O–H groups in total. The van der Waals surface area contributed by atoms with Crippen molar-refractivity contribution in [3.05, 3.63) is 0 Å². The fourth-order valence-electron chi connectivity index (χ4n) is 1.71. The quantitative estimate of drug-likeness (QED) is 0.729. The fourth-order valence-corrected chi connectivity index (χ4v) is 3.16. The molecule has 0 amide bonds. The molecule has 1 heterocycles. The molecule has 0 radical (unpaired) electrons. The summed E-state index contributed by atoms with van der Waals surface area (Å²) >= 11 is 0. The first kappa shape index (κ1) is 13.4. The Kier molecular flexibility index (Phi) is 4.69.